The molecule has 2 amide bonds. The minimum atomic E-state index is -0.348. The molecule has 0 atom stereocenters. The van der Waals surface area contributed by atoms with Gasteiger partial charge in [0.25, 0.3) is 11.1 Å². The predicted octanol–water partition coefficient (Wildman–Crippen LogP) is 6.41. The van der Waals surface area contributed by atoms with E-state index in [9.17, 15) is 14.0 Å². The quantitative estimate of drug-likeness (QED) is 0.393. The van der Waals surface area contributed by atoms with Crippen molar-refractivity contribution >= 4 is 50.6 Å². The number of imide groups is 1. The maximum Gasteiger partial charge on any atom is 0.298 e. The summed E-state index contributed by atoms with van der Waals surface area (Å²) in [4.78, 5) is 26.6. The van der Waals surface area contributed by atoms with E-state index < -0.39 is 0 Å². The van der Waals surface area contributed by atoms with Crippen molar-refractivity contribution in [3.05, 3.63) is 99.1 Å². The van der Waals surface area contributed by atoms with Gasteiger partial charge in [-0.1, -0.05) is 36.4 Å². The van der Waals surface area contributed by atoms with Gasteiger partial charge in [-0.3, -0.25) is 9.59 Å². The molecule has 150 valence electrons. The number of para-hydroxylation sites is 1. The number of anilines is 1. The zero-order valence-electron chi connectivity index (χ0n) is 15.5. The molecule has 0 bridgehead atoms. The molecule has 3 aromatic carbocycles. The van der Waals surface area contributed by atoms with Gasteiger partial charge in [-0.2, -0.15) is 0 Å². The van der Waals surface area contributed by atoms with Crippen LogP contribution < -0.4 is 9.64 Å². The first-order chi connectivity index (χ1) is 14.5. The fraction of sp³-hybridized carbons (Fsp3) is 0.0435. The first-order valence-electron chi connectivity index (χ1n) is 9.01. The zero-order chi connectivity index (χ0) is 21.1. The number of ether oxygens (including phenoxy) is 1. The number of halogens is 2. The van der Waals surface area contributed by atoms with E-state index >= 15 is 0 Å². The van der Waals surface area contributed by atoms with Crippen molar-refractivity contribution in [1.29, 1.82) is 0 Å². The number of hydrogen-bond acceptors (Lipinski definition) is 4. The Morgan fingerprint density at radius 2 is 1.80 bits per heavy atom. The predicted molar refractivity (Wildman–Crippen MR) is 120 cm³/mol. The second-order valence-electron chi connectivity index (χ2n) is 6.46. The Hall–Kier alpha value is -2.90. The highest BCUT2D eigenvalue weighted by atomic mass is 79.9. The number of thioether (sulfide) groups is 1. The van der Waals surface area contributed by atoms with Crippen LogP contribution in [0.15, 0.2) is 82.2 Å². The topological polar surface area (TPSA) is 46.6 Å². The van der Waals surface area contributed by atoms with E-state index in [1.807, 2.05) is 6.07 Å². The lowest BCUT2D eigenvalue weighted by Gasteiger charge is -2.11. The van der Waals surface area contributed by atoms with Crippen LogP contribution in [0.2, 0.25) is 0 Å². The number of benzene rings is 3. The number of nitrogens with zero attached hydrogens (tertiary/aromatic N) is 1. The summed E-state index contributed by atoms with van der Waals surface area (Å²) in [5.74, 6) is -0.0671. The van der Waals surface area contributed by atoms with Crippen LogP contribution in [0.4, 0.5) is 14.9 Å². The molecule has 0 N–H and O–H groups in total. The van der Waals surface area contributed by atoms with Crippen molar-refractivity contribution in [1.82, 2.24) is 0 Å². The fourth-order valence-corrected chi connectivity index (χ4v) is 4.28. The largest absolute Gasteiger partial charge is 0.488 e. The molecule has 3 aromatic rings. The van der Waals surface area contributed by atoms with Crippen LogP contribution in [-0.4, -0.2) is 11.1 Å². The van der Waals surface area contributed by atoms with Crippen LogP contribution in [0.3, 0.4) is 0 Å². The molecule has 0 aromatic heterocycles. The lowest BCUT2D eigenvalue weighted by Crippen LogP contribution is -2.27. The first-order valence-corrected chi connectivity index (χ1v) is 10.6. The van der Waals surface area contributed by atoms with Gasteiger partial charge >= 0.3 is 0 Å². The second kappa shape index (κ2) is 8.85. The molecular weight excluding hydrogens is 469 g/mol. The summed E-state index contributed by atoms with van der Waals surface area (Å²) in [7, 11) is 0. The van der Waals surface area contributed by atoms with Crippen molar-refractivity contribution in [3.63, 3.8) is 0 Å². The van der Waals surface area contributed by atoms with Crippen LogP contribution in [-0.2, 0) is 11.4 Å². The molecule has 0 aliphatic carbocycles. The van der Waals surface area contributed by atoms with E-state index in [4.69, 9.17) is 4.74 Å². The molecule has 1 aliphatic rings. The molecule has 0 saturated carbocycles. The third-order valence-electron chi connectivity index (χ3n) is 4.35. The number of carbonyl (C=O) groups is 2. The van der Waals surface area contributed by atoms with Gasteiger partial charge in [0.2, 0.25) is 0 Å². The van der Waals surface area contributed by atoms with Gasteiger partial charge in [-0.25, -0.2) is 9.29 Å². The summed E-state index contributed by atoms with van der Waals surface area (Å²) < 4.78 is 19.7. The minimum absolute atomic E-state index is 0.228. The van der Waals surface area contributed by atoms with Gasteiger partial charge in [0.15, 0.2) is 0 Å². The molecule has 4 rings (SSSR count). The van der Waals surface area contributed by atoms with Crippen molar-refractivity contribution in [2.45, 2.75) is 6.61 Å². The average Bonchev–Trinajstić information content (AvgIpc) is 3.01. The van der Waals surface area contributed by atoms with Gasteiger partial charge in [-0.05, 0) is 81.3 Å². The molecule has 0 unspecified atom stereocenters. The first kappa shape index (κ1) is 20.4. The highest BCUT2D eigenvalue weighted by Gasteiger charge is 2.36. The minimum Gasteiger partial charge on any atom is -0.488 e. The standard InChI is InChI=1S/C23H15BrFNO3S/c24-19-12-15(9-10-20(19)29-14-16-5-4-6-17(25)11-16)13-21-22(27)26(23(28)30-21)18-7-2-1-3-8-18/h1-13H,14H2/b21-13-. The highest BCUT2D eigenvalue weighted by molar-refractivity contribution is 9.10. The van der Waals surface area contributed by atoms with Gasteiger partial charge in [0.05, 0.1) is 15.1 Å². The molecule has 1 saturated heterocycles. The molecule has 7 heteroatoms. The normalized spacial score (nSPS) is 15.1. The Bertz CT molecular complexity index is 1150. The van der Waals surface area contributed by atoms with Crippen molar-refractivity contribution < 1.29 is 18.7 Å². The van der Waals surface area contributed by atoms with Gasteiger partial charge in [0.1, 0.15) is 18.2 Å². The summed E-state index contributed by atoms with van der Waals surface area (Å²) in [5, 5.41) is -0.327. The second-order valence-corrected chi connectivity index (χ2v) is 8.31. The lowest BCUT2D eigenvalue weighted by molar-refractivity contribution is -0.113. The lowest BCUT2D eigenvalue weighted by atomic mass is 10.2. The Kier molecular flexibility index (Phi) is 6.01. The molecule has 1 aliphatic heterocycles. The molecular formula is C23H15BrFNO3S. The van der Waals surface area contributed by atoms with Crippen molar-refractivity contribution in [2.24, 2.45) is 0 Å². The molecule has 1 fully saturated rings. The van der Waals surface area contributed by atoms with Crippen molar-refractivity contribution in [3.8, 4) is 5.75 Å². The third kappa shape index (κ3) is 4.47. The Labute approximate surface area is 185 Å². The maximum absolute atomic E-state index is 13.3. The van der Waals surface area contributed by atoms with E-state index in [1.54, 1.807) is 60.7 Å². The smallest absolute Gasteiger partial charge is 0.298 e. The van der Waals surface area contributed by atoms with Crippen molar-refractivity contribution in [2.75, 3.05) is 4.90 Å². The summed E-state index contributed by atoms with van der Waals surface area (Å²) in [5.41, 5.74) is 2.02. The van der Waals surface area contributed by atoms with Crippen LogP contribution in [0, 0.1) is 5.82 Å². The Morgan fingerprint density at radius 1 is 1.00 bits per heavy atom. The molecule has 1 heterocycles. The average molecular weight is 484 g/mol. The van der Waals surface area contributed by atoms with Crippen LogP contribution in [0.5, 0.6) is 5.75 Å². The number of amides is 2. The number of hydrogen-bond donors (Lipinski definition) is 0. The number of carbonyl (C=O) groups excluding carboxylic acids is 2. The summed E-state index contributed by atoms with van der Waals surface area (Å²) in [6.07, 6.45) is 1.68. The van der Waals surface area contributed by atoms with Crippen LogP contribution in [0.25, 0.3) is 6.08 Å². The fourth-order valence-electron chi connectivity index (χ4n) is 2.93. The van der Waals surface area contributed by atoms with Gasteiger partial charge < -0.3 is 4.74 Å². The van der Waals surface area contributed by atoms with Crippen LogP contribution >= 0.6 is 27.7 Å². The monoisotopic (exact) mass is 483 g/mol. The SMILES string of the molecule is O=C1S/C(=C\c2ccc(OCc3cccc(F)c3)c(Br)c2)C(=O)N1c1ccccc1. The third-order valence-corrected chi connectivity index (χ3v) is 5.83. The zero-order valence-corrected chi connectivity index (χ0v) is 18.0. The van der Waals surface area contributed by atoms with E-state index in [2.05, 4.69) is 15.9 Å². The Balaban J connectivity index is 1.50. The van der Waals surface area contributed by atoms with E-state index in [0.717, 1.165) is 22.9 Å². The van der Waals surface area contributed by atoms with Crippen LogP contribution in [0.1, 0.15) is 11.1 Å². The summed E-state index contributed by atoms with van der Waals surface area (Å²) >= 11 is 4.37. The molecule has 4 nitrogen and oxygen atoms in total. The van der Waals surface area contributed by atoms with E-state index in [-0.39, 0.29) is 23.6 Å². The maximum atomic E-state index is 13.3. The van der Waals surface area contributed by atoms with Gasteiger partial charge in [-0.15, -0.1) is 0 Å². The molecule has 0 spiro atoms. The molecule has 0 radical (unpaired) electrons. The Morgan fingerprint density at radius 3 is 2.53 bits per heavy atom. The number of rotatable bonds is 5. The molecule has 30 heavy (non-hydrogen) atoms. The van der Waals surface area contributed by atoms with Gasteiger partial charge in [0, 0.05) is 0 Å². The summed E-state index contributed by atoms with van der Waals surface area (Å²) in [6, 6.07) is 20.4. The summed E-state index contributed by atoms with van der Waals surface area (Å²) in [6.45, 7) is 0.228. The highest BCUT2D eigenvalue weighted by Crippen LogP contribution is 2.36. The van der Waals surface area contributed by atoms with E-state index in [1.165, 1.54) is 17.0 Å². The van der Waals surface area contributed by atoms with E-state index in [0.29, 0.717) is 20.8 Å².